The Balaban J connectivity index is 1.73. The van der Waals surface area contributed by atoms with Gasteiger partial charge in [0, 0.05) is 33.7 Å². The molecule has 4 rings (SSSR count). The van der Waals surface area contributed by atoms with Gasteiger partial charge < -0.3 is 9.88 Å². The van der Waals surface area contributed by atoms with E-state index in [4.69, 9.17) is 11.6 Å². The van der Waals surface area contributed by atoms with Gasteiger partial charge in [-0.05, 0) is 37.1 Å². The topological polar surface area (TPSA) is 53.2 Å². The first-order valence-corrected chi connectivity index (χ1v) is 8.78. The molecule has 1 amide bonds. The number of nitrogens with zero attached hydrogens (tertiary/aromatic N) is 1. The molecule has 6 heteroatoms. The second-order valence-electron chi connectivity index (χ2n) is 6.44. The Bertz CT molecular complexity index is 1040. The van der Waals surface area contributed by atoms with E-state index in [1.165, 1.54) is 18.3 Å². The summed E-state index contributed by atoms with van der Waals surface area (Å²) in [5.74, 6) is -0.859. The number of aromatic amines is 1. The third kappa shape index (κ3) is 2.99. The average molecular weight is 371 g/mol. The summed E-state index contributed by atoms with van der Waals surface area (Å²) in [6.07, 6.45) is 3.11. The van der Waals surface area contributed by atoms with Crippen LogP contribution in [0, 0.1) is 5.82 Å². The molecule has 3 aromatic rings. The summed E-state index contributed by atoms with van der Waals surface area (Å²) in [6.45, 7) is 0.0429. The van der Waals surface area contributed by atoms with E-state index in [2.05, 4.69) is 4.98 Å². The van der Waals surface area contributed by atoms with Crippen molar-refractivity contribution in [3.8, 4) is 0 Å². The molecule has 0 aliphatic heterocycles. The minimum Gasteiger partial charge on any atom is -0.360 e. The van der Waals surface area contributed by atoms with Gasteiger partial charge in [0.1, 0.15) is 11.4 Å². The highest BCUT2D eigenvalue weighted by atomic mass is 35.5. The highest BCUT2D eigenvalue weighted by Gasteiger charge is 2.35. The third-order valence-electron chi connectivity index (χ3n) is 4.66. The molecule has 1 N–H and O–H groups in total. The molecule has 2 aromatic carbocycles. The fourth-order valence-electron chi connectivity index (χ4n) is 3.09. The Kier molecular flexibility index (Phi) is 4.24. The van der Waals surface area contributed by atoms with Crippen molar-refractivity contribution >= 4 is 28.4 Å². The maximum Gasteiger partial charge on any atom is 0.259 e. The standard InChI is InChI=1S/C20H16ClFN2O2/c21-16-5-3-6-17(22)15(16)11-24(12-8-9-12)20(26)14-10-23-18-7-2-1-4-13(18)19(14)25/h1-7,10,12H,8-9,11H2,(H,23,25). The predicted molar refractivity (Wildman–Crippen MR) is 98.9 cm³/mol. The number of rotatable bonds is 4. The lowest BCUT2D eigenvalue weighted by Crippen LogP contribution is -2.36. The number of pyridine rings is 1. The summed E-state index contributed by atoms with van der Waals surface area (Å²) in [4.78, 5) is 30.3. The van der Waals surface area contributed by atoms with Crippen molar-refractivity contribution in [1.29, 1.82) is 0 Å². The van der Waals surface area contributed by atoms with Crippen LogP contribution in [0.4, 0.5) is 4.39 Å². The van der Waals surface area contributed by atoms with Crippen molar-refractivity contribution < 1.29 is 9.18 Å². The molecule has 4 nitrogen and oxygen atoms in total. The first kappa shape index (κ1) is 16.8. The Morgan fingerprint density at radius 3 is 2.69 bits per heavy atom. The Labute approximate surface area is 154 Å². The van der Waals surface area contributed by atoms with Crippen LogP contribution in [0.5, 0.6) is 0 Å². The van der Waals surface area contributed by atoms with E-state index in [1.807, 2.05) is 6.07 Å². The highest BCUT2D eigenvalue weighted by molar-refractivity contribution is 6.31. The number of amides is 1. The van der Waals surface area contributed by atoms with E-state index < -0.39 is 11.7 Å². The molecule has 1 aromatic heterocycles. The summed E-state index contributed by atoms with van der Waals surface area (Å²) in [5.41, 5.74) is 0.675. The largest absolute Gasteiger partial charge is 0.360 e. The van der Waals surface area contributed by atoms with E-state index in [-0.39, 0.29) is 34.2 Å². The number of para-hydroxylation sites is 1. The van der Waals surface area contributed by atoms with E-state index in [0.717, 1.165) is 12.8 Å². The van der Waals surface area contributed by atoms with Crippen LogP contribution in [-0.2, 0) is 6.54 Å². The molecule has 0 spiro atoms. The van der Waals surface area contributed by atoms with Gasteiger partial charge in [0.2, 0.25) is 5.43 Å². The monoisotopic (exact) mass is 370 g/mol. The SMILES string of the molecule is O=C(c1c[nH]c2ccccc2c1=O)N(Cc1c(F)cccc1Cl)C1CC1. The minimum atomic E-state index is -0.455. The molecule has 1 saturated carbocycles. The van der Waals surface area contributed by atoms with E-state index >= 15 is 0 Å². The van der Waals surface area contributed by atoms with Gasteiger partial charge in [-0.1, -0.05) is 29.8 Å². The summed E-state index contributed by atoms with van der Waals surface area (Å²) in [6, 6.07) is 11.5. The molecule has 0 atom stereocenters. The lowest BCUT2D eigenvalue weighted by molar-refractivity contribution is 0.0727. The van der Waals surface area contributed by atoms with Crippen LogP contribution >= 0.6 is 11.6 Å². The van der Waals surface area contributed by atoms with Crippen molar-refractivity contribution in [1.82, 2.24) is 9.88 Å². The minimum absolute atomic E-state index is 0.00374. The first-order chi connectivity index (χ1) is 12.6. The van der Waals surface area contributed by atoms with E-state index in [0.29, 0.717) is 10.9 Å². The van der Waals surface area contributed by atoms with Crippen molar-refractivity contribution in [2.45, 2.75) is 25.4 Å². The van der Waals surface area contributed by atoms with E-state index in [9.17, 15) is 14.0 Å². The van der Waals surface area contributed by atoms with E-state index in [1.54, 1.807) is 29.2 Å². The zero-order valence-corrected chi connectivity index (χ0v) is 14.6. The lowest BCUT2D eigenvalue weighted by atomic mass is 10.1. The van der Waals surface area contributed by atoms with Crippen LogP contribution in [0.1, 0.15) is 28.8 Å². The fraction of sp³-hybridized carbons (Fsp3) is 0.200. The number of carbonyl (C=O) groups is 1. The van der Waals surface area contributed by atoms with Crippen LogP contribution in [0.25, 0.3) is 10.9 Å². The number of aromatic nitrogens is 1. The van der Waals surface area contributed by atoms with Crippen molar-refractivity contribution in [2.24, 2.45) is 0 Å². The Morgan fingerprint density at radius 2 is 1.96 bits per heavy atom. The average Bonchev–Trinajstić information content (AvgIpc) is 3.47. The van der Waals surface area contributed by atoms with Gasteiger partial charge in [0.25, 0.3) is 5.91 Å². The smallest absolute Gasteiger partial charge is 0.259 e. The molecule has 1 heterocycles. The third-order valence-corrected chi connectivity index (χ3v) is 5.01. The molecule has 0 bridgehead atoms. The van der Waals surface area contributed by atoms with Crippen LogP contribution < -0.4 is 5.43 Å². The molecule has 0 saturated heterocycles. The zero-order valence-electron chi connectivity index (χ0n) is 13.8. The van der Waals surface area contributed by atoms with Crippen LogP contribution in [0.2, 0.25) is 5.02 Å². The van der Waals surface area contributed by atoms with Crippen LogP contribution in [-0.4, -0.2) is 21.8 Å². The Hall–Kier alpha value is -2.66. The number of fused-ring (bicyclic) bond motifs is 1. The van der Waals surface area contributed by atoms with Gasteiger partial charge >= 0.3 is 0 Å². The van der Waals surface area contributed by atoms with Crippen LogP contribution in [0.15, 0.2) is 53.5 Å². The molecule has 1 fully saturated rings. The number of carbonyl (C=O) groups excluding carboxylic acids is 1. The number of hydrogen-bond donors (Lipinski definition) is 1. The molecule has 1 aliphatic carbocycles. The molecular formula is C20H16ClFN2O2. The number of H-pyrrole nitrogens is 1. The maximum atomic E-state index is 14.2. The highest BCUT2D eigenvalue weighted by Crippen LogP contribution is 2.31. The number of benzene rings is 2. The van der Waals surface area contributed by atoms with Gasteiger partial charge in [0.05, 0.1) is 6.54 Å². The molecule has 0 radical (unpaired) electrons. The van der Waals surface area contributed by atoms with Crippen molar-refractivity contribution in [3.05, 3.63) is 80.9 Å². The van der Waals surface area contributed by atoms with Gasteiger partial charge in [-0.3, -0.25) is 9.59 Å². The second kappa shape index (κ2) is 6.57. The number of halogens is 2. The summed E-state index contributed by atoms with van der Waals surface area (Å²) in [5, 5.41) is 0.730. The molecular weight excluding hydrogens is 355 g/mol. The summed E-state index contributed by atoms with van der Waals surface area (Å²) < 4.78 is 14.2. The normalized spacial score (nSPS) is 13.8. The molecule has 132 valence electrons. The predicted octanol–water partition coefficient (Wildman–Crippen LogP) is 4.13. The van der Waals surface area contributed by atoms with Gasteiger partial charge in [-0.15, -0.1) is 0 Å². The summed E-state index contributed by atoms with van der Waals surface area (Å²) in [7, 11) is 0. The first-order valence-electron chi connectivity index (χ1n) is 8.40. The second-order valence-corrected chi connectivity index (χ2v) is 6.85. The van der Waals surface area contributed by atoms with Gasteiger partial charge in [-0.2, -0.15) is 0 Å². The number of nitrogens with one attached hydrogen (secondary N) is 1. The fourth-order valence-corrected chi connectivity index (χ4v) is 3.31. The molecule has 1 aliphatic rings. The summed E-state index contributed by atoms with van der Waals surface area (Å²) >= 11 is 6.11. The lowest BCUT2D eigenvalue weighted by Gasteiger charge is -2.23. The quantitative estimate of drug-likeness (QED) is 0.750. The van der Waals surface area contributed by atoms with Gasteiger partial charge in [0.15, 0.2) is 0 Å². The maximum absolute atomic E-state index is 14.2. The van der Waals surface area contributed by atoms with Gasteiger partial charge in [-0.25, -0.2) is 4.39 Å². The molecule has 26 heavy (non-hydrogen) atoms. The number of hydrogen-bond acceptors (Lipinski definition) is 2. The van der Waals surface area contributed by atoms with Crippen LogP contribution in [0.3, 0.4) is 0 Å². The Morgan fingerprint density at radius 1 is 1.19 bits per heavy atom. The molecule has 0 unspecified atom stereocenters. The van der Waals surface area contributed by atoms with Crippen molar-refractivity contribution in [3.63, 3.8) is 0 Å². The zero-order chi connectivity index (χ0) is 18.3. The van der Waals surface area contributed by atoms with Crippen molar-refractivity contribution in [2.75, 3.05) is 0 Å².